The molecule has 1 aromatic carbocycles. The molecule has 146 valence electrons. The van der Waals surface area contributed by atoms with E-state index < -0.39 is 12.7 Å². The van der Waals surface area contributed by atoms with E-state index in [1.54, 1.807) is 13.1 Å². The molecule has 0 radical (unpaired) electrons. The lowest BCUT2D eigenvalue weighted by molar-refractivity contribution is -0.143. The molecule has 5 nitrogen and oxygen atoms in total. The Hall–Kier alpha value is -2.22. The first-order valence-corrected chi connectivity index (χ1v) is 8.37. The number of benzene rings is 1. The van der Waals surface area contributed by atoms with Crippen molar-refractivity contribution in [3.8, 4) is 5.75 Å². The largest absolute Gasteiger partial charge is 0.489 e. The van der Waals surface area contributed by atoms with E-state index in [9.17, 15) is 13.2 Å². The van der Waals surface area contributed by atoms with Gasteiger partial charge in [-0.25, -0.2) is 0 Å². The van der Waals surface area contributed by atoms with E-state index >= 15 is 0 Å². The van der Waals surface area contributed by atoms with E-state index in [1.807, 2.05) is 24.3 Å². The molecule has 0 heterocycles. The van der Waals surface area contributed by atoms with Crippen molar-refractivity contribution in [2.45, 2.75) is 19.1 Å². The molecule has 0 bridgehead atoms. The van der Waals surface area contributed by atoms with Crippen LogP contribution in [0.3, 0.4) is 0 Å². The summed E-state index contributed by atoms with van der Waals surface area (Å²) in [5.74, 6) is 1.35. The highest BCUT2D eigenvalue weighted by atomic mass is 19.4. The minimum absolute atomic E-state index is 0.349. The van der Waals surface area contributed by atoms with E-state index in [2.05, 4.69) is 22.2 Å². The van der Waals surface area contributed by atoms with Crippen LogP contribution in [0, 0.1) is 0 Å². The molecule has 0 aliphatic heterocycles. The van der Waals surface area contributed by atoms with Gasteiger partial charge in [0.15, 0.2) is 5.96 Å². The molecule has 0 fully saturated rings. The maximum atomic E-state index is 12.3. The molecule has 2 N–H and O–H groups in total. The quantitative estimate of drug-likeness (QED) is 0.287. The van der Waals surface area contributed by atoms with Gasteiger partial charge in [-0.3, -0.25) is 9.89 Å². The fraction of sp³-hybridized carbons (Fsp3) is 0.500. The molecule has 0 unspecified atom stereocenters. The highest BCUT2D eigenvalue weighted by molar-refractivity contribution is 5.79. The Labute approximate surface area is 152 Å². The summed E-state index contributed by atoms with van der Waals surface area (Å²) in [6.45, 7) is 4.54. The molecule has 0 saturated heterocycles. The Bertz CT molecular complexity index is 576. The van der Waals surface area contributed by atoms with Gasteiger partial charge in [0.1, 0.15) is 12.4 Å². The summed E-state index contributed by atoms with van der Waals surface area (Å²) in [5, 5.41) is 6.26. The van der Waals surface area contributed by atoms with Gasteiger partial charge in [0.05, 0.1) is 6.54 Å². The third kappa shape index (κ3) is 9.31. The van der Waals surface area contributed by atoms with Crippen LogP contribution in [0.25, 0.3) is 0 Å². The maximum absolute atomic E-state index is 12.3. The number of para-hydroxylation sites is 1. The summed E-state index contributed by atoms with van der Waals surface area (Å²) >= 11 is 0. The lowest BCUT2D eigenvalue weighted by atomic mass is 10.2. The van der Waals surface area contributed by atoms with Gasteiger partial charge >= 0.3 is 6.18 Å². The van der Waals surface area contributed by atoms with Crippen molar-refractivity contribution in [1.29, 1.82) is 0 Å². The van der Waals surface area contributed by atoms with E-state index in [0.29, 0.717) is 38.6 Å². The van der Waals surface area contributed by atoms with Gasteiger partial charge < -0.3 is 15.4 Å². The monoisotopic (exact) mass is 372 g/mol. The summed E-state index contributed by atoms with van der Waals surface area (Å²) in [6.07, 6.45) is -1.91. The molecule has 0 atom stereocenters. The van der Waals surface area contributed by atoms with E-state index in [4.69, 9.17) is 4.74 Å². The first-order chi connectivity index (χ1) is 12.4. The fourth-order valence-electron chi connectivity index (χ4n) is 2.28. The normalized spacial score (nSPS) is 12.2. The first kappa shape index (κ1) is 21.8. The number of nitrogens with zero attached hydrogens (tertiary/aromatic N) is 2. The Kier molecular flexibility index (Phi) is 9.57. The average molecular weight is 372 g/mol. The molecule has 0 spiro atoms. The number of nitrogens with one attached hydrogen (secondary N) is 2. The van der Waals surface area contributed by atoms with Gasteiger partial charge in [-0.15, -0.1) is 0 Å². The van der Waals surface area contributed by atoms with Gasteiger partial charge in [0, 0.05) is 25.7 Å². The smallest absolute Gasteiger partial charge is 0.401 e. The average Bonchev–Trinajstić information content (AvgIpc) is 2.58. The first-order valence-electron chi connectivity index (χ1n) is 8.37. The second-order valence-corrected chi connectivity index (χ2v) is 5.77. The molecule has 1 rings (SSSR count). The number of alkyl halides is 3. The van der Waals surface area contributed by atoms with Crippen LogP contribution in [-0.4, -0.2) is 57.4 Å². The Balaban J connectivity index is 2.37. The van der Waals surface area contributed by atoms with Crippen molar-refractivity contribution in [1.82, 2.24) is 15.5 Å². The molecule has 0 amide bonds. The molecule has 1 aromatic rings. The third-order valence-corrected chi connectivity index (χ3v) is 3.46. The van der Waals surface area contributed by atoms with Crippen molar-refractivity contribution in [3.63, 3.8) is 0 Å². The Morgan fingerprint density at radius 1 is 1.31 bits per heavy atom. The van der Waals surface area contributed by atoms with Crippen LogP contribution >= 0.6 is 0 Å². The van der Waals surface area contributed by atoms with Gasteiger partial charge in [-0.1, -0.05) is 30.9 Å². The molecule has 0 aliphatic carbocycles. The standard InChI is InChI=1S/C18H27F3N4O/c1-4-12-26-16-9-6-5-8-15(16)13-24-17(22-2)23-10-7-11-25(3)14-18(19,20)21/h4-6,8-9H,1,7,10-14H2,2-3H3,(H2,22,23,24). The van der Waals surface area contributed by atoms with Crippen LogP contribution in [0.15, 0.2) is 41.9 Å². The predicted molar refractivity (Wildman–Crippen MR) is 98.5 cm³/mol. The van der Waals surface area contributed by atoms with E-state index in [1.165, 1.54) is 11.9 Å². The predicted octanol–water partition coefficient (Wildman–Crippen LogP) is 2.80. The molecular weight excluding hydrogens is 345 g/mol. The van der Waals surface area contributed by atoms with Crippen LogP contribution < -0.4 is 15.4 Å². The zero-order chi connectivity index (χ0) is 19.4. The number of halogens is 3. The van der Waals surface area contributed by atoms with Gasteiger partial charge in [-0.2, -0.15) is 13.2 Å². The Morgan fingerprint density at radius 3 is 2.69 bits per heavy atom. The highest BCUT2D eigenvalue weighted by Gasteiger charge is 2.28. The summed E-state index contributed by atoms with van der Waals surface area (Å²) in [5.41, 5.74) is 0.974. The van der Waals surface area contributed by atoms with Crippen LogP contribution in [0.4, 0.5) is 13.2 Å². The molecule has 8 heteroatoms. The van der Waals surface area contributed by atoms with Crippen molar-refractivity contribution in [2.24, 2.45) is 4.99 Å². The topological polar surface area (TPSA) is 48.9 Å². The summed E-state index contributed by atoms with van der Waals surface area (Å²) in [6, 6.07) is 7.65. The second-order valence-electron chi connectivity index (χ2n) is 5.77. The van der Waals surface area contributed by atoms with Crippen LogP contribution in [-0.2, 0) is 6.54 Å². The minimum Gasteiger partial charge on any atom is -0.489 e. The van der Waals surface area contributed by atoms with Crippen molar-refractivity contribution < 1.29 is 17.9 Å². The maximum Gasteiger partial charge on any atom is 0.401 e. The number of rotatable bonds is 10. The summed E-state index contributed by atoms with van der Waals surface area (Å²) in [4.78, 5) is 5.37. The van der Waals surface area contributed by atoms with Crippen molar-refractivity contribution >= 4 is 5.96 Å². The molecule has 26 heavy (non-hydrogen) atoms. The van der Waals surface area contributed by atoms with Gasteiger partial charge in [0.2, 0.25) is 0 Å². The molecule has 0 saturated carbocycles. The zero-order valence-corrected chi connectivity index (χ0v) is 15.3. The van der Waals surface area contributed by atoms with Crippen molar-refractivity contribution in [3.05, 3.63) is 42.5 Å². The minimum atomic E-state index is -4.17. The lowest BCUT2D eigenvalue weighted by Crippen LogP contribution is -2.39. The third-order valence-electron chi connectivity index (χ3n) is 3.46. The number of aliphatic imine (C=N–C) groups is 1. The SMILES string of the molecule is C=CCOc1ccccc1CNC(=NC)NCCCN(C)CC(F)(F)F. The van der Waals surface area contributed by atoms with Gasteiger partial charge in [0.25, 0.3) is 0 Å². The van der Waals surface area contributed by atoms with E-state index in [0.717, 1.165) is 11.3 Å². The fourth-order valence-corrected chi connectivity index (χ4v) is 2.28. The molecular formula is C18H27F3N4O. The molecule has 0 aliphatic rings. The second kappa shape index (κ2) is 11.4. The summed E-state index contributed by atoms with van der Waals surface area (Å²) in [7, 11) is 3.10. The Morgan fingerprint density at radius 2 is 2.04 bits per heavy atom. The van der Waals surface area contributed by atoms with Crippen LogP contribution in [0.5, 0.6) is 5.75 Å². The zero-order valence-electron chi connectivity index (χ0n) is 15.3. The number of ether oxygens (including phenoxy) is 1. The highest BCUT2D eigenvalue weighted by Crippen LogP contribution is 2.17. The number of hydrogen-bond acceptors (Lipinski definition) is 3. The van der Waals surface area contributed by atoms with Crippen LogP contribution in [0.1, 0.15) is 12.0 Å². The van der Waals surface area contributed by atoms with Gasteiger partial charge in [-0.05, 0) is 26.1 Å². The van der Waals surface area contributed by atoms with Crippen LogP contribution in [0.2, 0.25) is 0 Å². The number of hydrogen-bond donors (Lipinski definition) is 2. The lowest BCUT2D eigenvalue weighted by Gasteiger charge is -2.19. The summed E-state index contributed by atoms with van der Waals surface area (Å²) < 4.78 is 42.4. The van der Waals surface area contributed by atoms with Crippen molar-refractivity contribution in [2.75, 3.05) is 40.3 Å². The van der Waals surface area contributed by atoms with E-state index in [-0.39, 0.29) is 0 Å². The number of guanidine groups is 1. The molecule has 0 aromatic heterocycles.